The number of anilines is 1. The van der Waals surface area contributed by atoms with Crippen molar-refractivity contribution in [3.63, 3.8) is 0 Å². The maximum absolute atomic E-state index is 12.5. The van der Waals surface area contributed by atoms with Crippen LogP contribution in [0.25, 0.3) is 0 Å². The van der Waals surface area contributed by atoms with Gasteiger partial charge in [0.15, 0.2) is 4.34 Å². The highest BCUT2D eigenvalue weighted by atomic mass is 32.2. The number of aryl methyl sites for hydroxylation is 1. The maximum Gasteiger partial charge on any atom is 0.263 e. The van der Waals surface area contributed by atoms with Crippen LogP contribution in [-0.2, 0) is 15.8 Å². The van der Waals surface area contributed by atoms with Crippen molar-refractivity contribution in [3.8, 4) is 5.75 Å². The highest BCUT2D eigenvalue weighted by Gasteiger charge is 2.18. The molecule has 1 aromatic heterocycles. The molecular formula is C17H17N3O3S3. The summed E-state index contributed by atoms with van der Waals surface area (Å²) in [5.41, 5.74) is 1.91. The standard InChI is InChI=1S/C17H17N3O3S3/c1-12-10-14(8-9-15(12)23-2)26(21,22)20-16-18-19-17(25-16)24-11-13-6-4-3-5-7-13/h3-10H,11H2,1-2H3,(H,18,20). The molecule has 6 nitrogen and oxygen atoms in total. The number of sulfonamides is 1. The van der Waals surface area contributed by atoms with E-state index in [0.717, 1.165) is 11.3 Å². The minimum atomic E-state index is -3.72. The first-order valence-electron chi connectivity index (χ1n) is 7.65. The first-order chi connectivity index (χ1) is 12.5. The molecule has 9 heteroatoms. The van der Waals surface area contributed by atoms with Crippen LogP contribution in [0, 0.1) is 6.92 Å². The Morgan fingerprint density at radius 3 is 2.62 bits per heavy atom. The quantitative estimate of drug-likeness (QED) is 0.597. The first-order valence-corrected chi connectivity index (χ1v) is 10.9. The zero-order valence-electron chi connectivity index (χ0n) is 14.2. The summed E-state index contributed by atoms with van der Waals surface area (Å²) in [6.07, 6.45) is 0. The smallest absolute Gasteiger partial charge is 0.263 e. The Bertz CT molecular complexity index is 989. The third kappa shape index (κ3) is 4.54. The highest BCUT2D eigenvalue weighted by Crippen LogP contribution is 2.30. The molecule has 1 heterocycles. The Kier molecular flexibility index (Phi) is 5.80. The van der Waals surface area contributed by atoms with E-state index >= 15 is 0 Å². The number of aromatic nitrogens is 2. The zero-order valence-corrected chi connectivity index (χ0v) is 16.6. The molecule has 3 rings (SSSR count). The molecule has 2 aromatic carbocycles. The number of benzene rings is 2. The van der Waals surface area contributed by atoms with Crippen LogP contribution in [0.1, 0.15) is 11.1 Å². The SMILES string of the molecule is COc1ccc(S(=O)(=O)Nc2nnc(SCc3ccccc3)s2)cc1C. The minimum Gasteiger partial charge on any atom is -0.496 e. The third-order valence-corrected chi connectivity index (χ3v) is 7.02. The van der Waals surface area contributed by atoms with Gasteiger partial charge in [-0.1, -0.05) is 53.4 Å². The molecule has 0 unspecified atom stereocenters. The van der Waals surface area contributed by atoms with Crippen molar-refractivity contribution in [1.82, 2.24) is 10.2 Å². The Labute approximate surface area is 160 Å². The monoisotopic (exact) mass is 407 g/mol. The topological polar surface area (TPSA) is 81.2 Å². The van der Waals surface area contributed by atoms with E-state index in [9.17, 15) is 8.42 Å². The van der Waals surface area contributed by atoms with Gasteiger partial charge in [0.25, 0.3) is 10.0 Å². The van der Waals surface area contributed by atoms with E-state index in [1.165, 1.54) is 34.7 Å². The van der Waals surface area contributed by atoms with E-state index in [4.69, 9.17) is 4.74 Å². The van der Waals surface area contributed by atoms with Gasteiger partial charge in [0.2, 0.25) is 5.13 Å². The van der Waals surface area contributed by atoms with Crippen molar-refractivity contribution in [3.05, 3.63) is 59.7 Å². The molecule has 0 spiro atoms. The van der Waals surface area contributed by atoms with E-state index in [0.29, 0.717) is 10.1 Å². The molecule has 0 aliphatic carbocycles. The predicted molar refractivity (Wildman–Crippen MR) is 104 cm³/mol. The minimum absolute atomic E-state index is 0.157. The largest absolute Gasteiger partial charge is 0.496 e. The van der Waals surface area contributed by atoms with Crippen LogP contribution in [0.2, 0.25) is 0 Å². The highest BCUT2D eigenvalue weighted by molar-refractivity contribution is 8.00. The Morgan fingerprint density at radius 2 is 1.92 bits per heavy atom. The van der Waals surface area contributed by atoms with Crippen LogP contribution in [0.5, 0.6) is 5.75 Å². The van der Waals surface area contributed by atoms with Gasteiger partial charge in [-0.15, -0.1) is 10.2 Å². The molecule has 3 aromatic rings. The van der Waals surface area contributed by atoms with E-state index in [-0.39, 0.29) is 10.0 Å². The van der Waals surface area contributed by atoms with Crippen molar-refractivity contribution in [2.45, 2.75) is 21.9 Å². The van der Waals surface area contributed by atoms with Crippen LogP contribution in [0.15, 0.2) is 57.8 Å². The number of thioether (sulfide) groups is 1. The third-order valence-electron chi connectivity index (χ3n) is 3.51. The predicted octanol–water partition coefficient (Wildman–Crippen LogP) is 3.95. The van der Waals surface area contributed by atoms with Crippen molar-refractivity contribution in [2.75, 3.05) is 11.8 Å². The number of ether oxygens (including phenoxy) is 1. The fourth-order valence-electron chi connectivity index (χ4n) is 2.22. The van der Waals surface area contributed by atoms with Crippen LogP contribution < -0.4 is 9.46 Å². The van der Waals surface area contributed by atoms with Crippen LogP contribution in [-0.4, -0.2) is 25.7 Å². The van der Waals surface area contributed by atoms with Crippen LogP contribution in [0.3, 0.4) is 0 Å². The van der Waals surface area contributed by atoms with Gasteiger partial charge in [0.1, 0.15) is 5.75 Å². The number of methoxy groups -OCH3 is 1. The summed E-state index contributed by atoms with van der Waals surface area (Å²) in [5.74, 6) is 1.39. The average molecular weight is 408 g/mol. The summed E-state index contributed by atoms with van der Waals surface area (Å²) >= 11 is 2.73. The lowest BCUT2D eigenvalue weighted by Gasteiger charge is -2.08. The number of rotatable bonds is 7. The van der Waals surface area contributed by atoms with Gasteiger partial charge in [-0.3, -0.25) is 4.72 Å². The molecule has 0 aliphatic rings. The van der Waals surface area contributed by atoms with Gasteiger partial charge in [0, 0.05) is 5.75 Å². The molecule has 0 bridgehead atoms. The Hall–Kier alpha value is -2.10. The summed E-state index contributed by atoms with van der Waals surface area (Å²) < 4.78 is 33.4. The molecule has 0 radical (unpaired) electrons. The maximum atomic E-state index is 12.5. The van der Waals surface area contributed by atoms with E-state index in [2.05, 4.69) is 14.9 Å². The number of hydrogen-bond acceptors (Lipinski definition) is 7. The normalized spacial score (nSPS) is 11.3. The van der Waals surface area contributed by atoms with Gasteiger partial charge in [-0.25, -0.2) is 8.42 Å². The fourth-order valence-corrected chi connectivity index (χ4v) is 5.24. The number of nitrogens with one attached hydrogen (secondary N) is 1. The molecule has 0 saturated heterocycles. The summed E-state index contributed by atoms with van der Waals surface area (Å²) in [4.78, 5) is 0.157. The van der Waals surface area contributed by atoms with Gasteiger partial charge in [-0.05, 0) is 36.2 Å². The van der Waals surface area contributed by atoms with E-state index in [1.54, 1.807) is 26.2 Å². The summed E-state index contributed by atoms with van der Waals surface area (Å²) in [6.45, 7) is 1.79. The lowest BCUT2D eigenvalue weighted by atomic mass is 10.2. The molecule has 0 fully saturated rings. The van der Waals surface area contributed by atoms with Gasteiger partial charge < -0.3 is 4.74 Å². The molecule has 0 atom stereocenters. The average Bonchev–Trinajstić information content (AvgIpc) is 3.07. The Morgan fingerprint density at radius 1 is 1.15 bits per heavy atom. The molecule has 26 heavy (non-hydrogen) atoms. The van der Waals surface area contributed by atoms with Gasteiger partial charge in [-0.2, -0.15) is 0 Å². The molecule has 0 saturated carbocycles. The van der Waals surface area contributed by atoms with Gasteiger partial charge in [0.05, 0.1) is 12.0 Å². The van der Waals surface area contributed by atoms with E-state index in [1.807, 2.05) is 30.3 Å². The summed E-state index contributed by atoms with van der Waals surface area (Å²) in [6, 6.07) is 14.7. The van der Waals surface area contributed by atoms with Gasteiger partial charge >= 0.3 is 0 Å². The Balaban J connectivity index is 1.68. The molecule has 0 amide bonds. The number of hydrogen-bond donors (Lipinski definition) is 1. The second-order valence-corrected chi connectivity index (χ2v) is 9.27. The lowest BCUT2D eigenvalue weighted by Crippen LogP contribution is -2.13. The van der Waals surface area contributed by atoms with Crippen LogP contribution >= 0.6 is 23.1 Å². The molecule has 0 aliphatic heterocycles. The first kappa shape index (κ1) is 18.7. The second-order valence-electron chi connectivity index (χ2n) is 5.38. The van der Waals surface area contributed by atoms with E-state index < -0.39 is 10.0 Å². The summed E-state index contributed by atoms with van der Waals surface area (Å²) in [7, 11) is -2.18. The fraction of sp³-hybridized carbons (Fsp3) is 0.176. The molecule has 136 valence electrons. The molecular weight excluding hydrogens is 390 g/mol. The van der Waals surface area contributed by atoms with Crippen molar-refractivity contribution >= 4 is 38.3 Å². The summed E-state index contributed by atoms with van der Waals surface area (Å²) in [5, 5.41) is 8.21. The van der Waals surface area contributed by atoms with Crippen LogP contribution in [0.4, 0.5) is 5.13 Å². The lowest BCUT2D eigenvalue weighted by molar-refractivity contribution is 0.411. The van der Waals surface area contributed by atoms with Crippen molar-refractivity contribution in [2.24, 2.45) is 0 Å². The zero-order chi connectivity index (χ0) is 18.6. The van der Waals surface area contributed by atoms with Crippen molar-refractivity contribution < 1.29 is 13.2 Å². The second kappa shape index (κ2) is 8.07. The van der Waals surface area contributed by atoms with Crippen molar-refractivity contribution in [1.29, 1.82) is 0 Å². The molecule has 1 N–H and O–H groups in total. The number of nitrogens with zero attached hydrogens (tertiary/aromatic N) is 2.